The molecule has 31 heavy (non-hydrogen) atoms. The van der Waals surface area contributed by atoms with Crippen LogP contribution in [-0.2, 0) is 29.2 Å². The van der Waals surface area contributed by atoms with Crippen molar-refractivity contribution in [2.75, 3.05) is 11.3 Å². The summed E-state index contributed by atoms with van der Waals surface area (Å²) in [6.07, 6.45) is -0.702. The van der Waals surface area contributed by atoms with Crippen LogP contribution in [0.1, 0.15) is 23.1 Å². The number of aryl methyl sites for hydroxylation is 1. The summed E-state index contributed by atoms with van der Waals surface area (Å²) < 4.78 is 68.4. The van der Waals surface area contributed by atoms with Crippen LogP contribution in [-0.4, -0.2) is 24.5 Å². The number of hydrogen-bond donors (Lipinski definition) is 2. The summed E-state index contributed by atoms with van der Waals surface area (Å²) in [7, 11) is -4.07. The van der Waals surface area contributed by atoms with E-state index >= 15 is 0 Å². The highest BCUT2D eigenvalue weighted by Crippen LogP contribution is 2.33. The summed E-state index contributed by atoms with van der Waals surface area (Å²) in [5, 5.41) is 2.77. The number of aromatic nitrogens is 2. The molecular formula is C20H18ClF3N4O2S. The van der Waals surface area contributed by atoms with Crippen LogP contribution in [0.15, 0.2) is 53.8 Å². The van der Waals surface area contributed by atoms with E-state index in [1.54, 1.807) is 12.1 Å². The van der Waals surface area contributed by atoms with Crippen molar-refractivity contribution in [2.24, 2.45) is 0 Å². The Morgan fingerprint density at radius 3 is 2.71 bits per heavy atom. The summed E-state index contributed by atoms with van der Waals surface area (Å²) in [4.78, 5) is 3.75. The number of anilines is 1. The molecule has 0 atom stereocenters. The first kappa shape index (κ1) is 21.7. The number of nitrogens with one attached hydrogen (secondary N) is 2. The van der Waals surface area contributed by atoms with E-state index in [0.717, 1.165) is 35.1 Å². The van der Waals surface area contributed by atoms with Crippen LogP contribution in [0.25, 0.3) is 5.82 Å². The lowest BCUT2D eigenvalue weighted by Crippen LogP contribution is -2.18. The highest BCUT2D eigenvalue weighted by atomic mass is 35.5. The van der Waals surface area contributed by atoms with Gasteiger partial charge in [0, 0.05) is 24.6 Å². The number of fused-ring (bicyclic) bond motifs is 1. The maximum Gasteiger partial charge on any atom is 0.417 e. The minimum atomic E-state index is -4.61. The van der Waals surface area contributed by atoms with Crippen molar-refractivity contribution in [3.63, 3.8) is 0 Å². The maximum atomic E-state index is 13.0. The molecule has 0 saturated carbocycles. The Morgan fingerprint density at radius 2 is 1.97 bits per heavy atom. The zero-order valence-corrected chi connectivity index (χ0v) is 17.7. The SMILES string of the molecule is O=S(=O)(Nc1ccc2c(c1)CNCCC2)c1cccn1-c1ncc(C(F)(F)F)cc1Cl. The summed E-state index contributed by atoms with van der Waals surface area (Å²) in [5.41, 5.74) is 1.55. The average Bonchev–Trinajstić information content (AvgIpc) is 3.07. The lowest BCUT2D eigenvalue weighted by molar-refractivity contribution is -0.137. The fourth-order valence-corrected chi connectivity index (χ4v) is 4.92. The first-order valence-electron chi connectivity index (χ1n) is 9.41. The third-order valence-electron chi connectivity index (χ3n) is 4.94. The van der Waals surface area contributed by atoms with Gasteiger partial charge in [0.25, 0.3) is 10.0 Å². The normalized spacial score (nSPS) is 14.7. The second-order valence-corrected chi connectivity index (χ2v) is 9.15. The van der Waals surface area contributed by atoms with Crippen molar-refractivity contribution in [1.82, 2.24) is 14.9 Å². The minimum absolute atomic E-state index is 0.119. The van der Waals surface area contributed by atoms with E-state index in [-0.39, 0.29) is 15.9 Å². The number of halogens is 4. The van der Waals surface area contributed by atoms with Crippen molar-refractivity contribution in [1.29, 1.82) is 0 Å². The van der Waals surface area contributed by atoms with Gasteiger partial charge in [-0.15, -0.1) is 0 Å². The van der Waals surface area contributed by atoms with Crippen LogP contribution < -0.4 is 10.0 Å². The van der Waals surface area contributed by atoms with E-state index in [2.05, 4.69) is 15.0 Å². The molecule has 0 spiro atoms. The smallest absolute Gasteiger partial charge is 0.313 e. The van der Waals surface area contributed by atoms with E-state index in [0.29, 0.717) is 24.5 Å². The van der Waals surface area contributed by atoms with Gasteiger partial charge in [0.2, 0.25) is 0 Å². The Hall–Kier alpha value is -2.56. The highest BCUT2D eigenvalue weighted by molar-refractivity contribution is 7.92. The van der Waals surface area contributed by atoms with Gasteiger partial charge in [-0.1, -0.05) is 17.7 Å². The predicted molar refractivity (Wildman–Crippen MR) is 111 cm³/mol. The van der Waals surface area contributed by atoms with E-state index in [1.165, 1.54) is 18.3 Å². The lowest BCUT2D eigenvalue weighted by atomic mass is 10.0. The average molecular weight is 471 g/mol. The topological polar surface area (TPSA) is 76.0 Å². The first-order chi connectivity index (χ1) is 14.6. The molecule has 164 valence electrons. The zero-order chi connectivity index (χ0) is 22.2. The molecule has 4 rings (SSSR count). The third kappa shape index (κ3) is 4.56. The van der Waals surface area contributed by atoms with Gasteiger partial charge in [0.1, 0.15) is 0 Å². The van der Waals surface area contributed by atoms with Gasteiger partial charge in [-0.05, 0) is 60.8 Å². The molecule has 1 aromatic carbocycles. The molecule has 0 aliphatic carbocycles. The van der Waals surface area contributed by atoms with E-state index in [4.69, 9.17) is 11.6 Å². The number of sulfonamides is 1. The van der Waals surface area contributed by atoms with E-state index in [9.17, 15) is 21.6 Å². The largest absolute Gasteiger partial charge is 0.417 e. The number of pyridine rings is 1. The van der Waals surface area contributed by atoms with Gasteiger partial charge in [0.05, 0.1) is 10.6 Å². The van der Waals surface area contributed by atoms with E-state index < -0.39 is 21.8 Å². The highest BCUT2D eigenvalue weighted by Gasteiger charge is 2.32. The molecule has 1 aliphatic rings. The van der Waals surface area contributed by atoms with Crippen molar-refractivity contribution in [2.45, 2.75) is 30.6 Å². The molecule has 3 aromatic rings. The molecule has 3 heterocycles. The quantitative estimate of drug-likeness (QED) is 0.593. The maximum absolute atomic E-state index is 13.0. The van der Waals surface area contributed by atoms with Crippen molar-refractivity contribution in [3.8, 4) is 5.82 Å². The third-order valence-corrected chi connectivity index (χ3v) is 6.60. The zero-order valence-electron chi connectivity index (χ0n) is 16.1. The molecule has 2 N–H and O–H groups in total. The van der Waals surface area contributed by atoms with Crippen LogP contribution in [0, 0.1) is 0 Å². The summed E-state index contributed by atoms with van der Waals surface area (Å²) in [6.45, 7) is 1.54. The molecule has 6 nitrogen and oxygen atoms in total. The number of rotatable bonds is 4. The monoisotopic (exact) mass is 470 g/mol. The Labute approximate surface area is 182 Å². The van der Waals surface area contributed by atoms with Crippen molar-refractivity contribution < 1.29 is 21.6 Å². The molecular weight excluding hydrogens is 453 g/mol. The predicted octanol–water partition coefficient (Wildman–Crippen LogP) is 4.38. The van der Waals surface area contributed by atoms with Gasteiger partial charge in [-0.2, -0.15) is 21.6 Å². The number of benzene rings is 1. The fraction of sp³-hybridized carbons (Fsp3) is 0.250. The van der Waals surface area contributed by atoms with Gasteiger partial charge >= 0.3 is 6.18 Å². The molecule has 0 fully saturated rings. The summed E-state index contributed by atoms with van der Waals surface area (Å²) in [5.74, 6) is -0.119. The number of hydrogen-bond acceptors (Lipinski definition) is 4. The molecule has 0 unspecified atom stereocenters. The van der Waals surface area contributed by atoms with Gasteiger partial charge in [-0.3, -0.25) is 9.29 Å². The fourth-order valence-electron chi connectivity index (χ4n) is 3.45. The van der Waals surface area contributed by atoms with Crippen LogP contribution in [0.3, 0.4) is 0 Å². The summed E-state index contributed by atoms with van der Waals surface area (Å²) in [6, 6.07) is 8.86. The molecule has 0 amide bonds. The summed E-state index contributed by atoms with van der Waals surface area (Å²) >= 11 is 6.00. The Bertz CT molecular complexity index is 1230. The van der Waals surface area contributed by atoms with Crippen molar-refractivity contribution in [3.05, 3.63) is 70.5 Å². The van der Waals surface area contributed by atoms with Gasteiger partial charge in [-0.25, -0.2) is 4.98 Å². The van der Waals surface area contributed by atoms with Crippen LogP contribution in [0.2, 0.25) is 5.02 Å². The molecule has 2 aromatic heterocycles. The molecule has 1 aliphatic heterocycles. The van der Waals surface area contributed by atoms with E-state index in [1.807, 2.05) is 6.07 Å². The molecule has 0 radical (unpaired) electrons. The standard InChI is InChI=1S/C20H18ClF3N4O2S/c21-17-10-15(20(22,23)24)12-26-19(17)28-8-2-4-18(28)31(29,30)27-16-6-5-13-3-1-7-25-11-14(13)9-16/h2,4-6,8-10,12,25,27H,1,3,7,11H2. The minimum Gasteiger partial charge on any atom is -0.313 e. The number of nitrogens with zero attached hydrogens (tertiary/aromatic N) is 2. The van der Waals surface area contributed by atoms with Crippen LogP contribution in [0.4, 0.5) is 18.9 Å². The molecule has 11 heteroatoms. The van der Waals surface area contributed by atoms with Crippen LogP contribution >= 0.6 is 11.6 Å². The number of alkyl halides is 3. The Kier molecular flexibility index (Phi) is 5.71. The molecule has 0 saturated heterocycles. The molecule has 0 bridgehead atoms. The first-order valence-corrected chi connectivity index (χ1v) is 11.3. The van der Waals surface area contributed by atoms with Gasteiger partial charge in [0.15, 0.2) is 10.8 Å². The second kappa shape index (κ2) is 8.18. The Balaban J connectivity index is 1.66. The lowest BCUT2D eigenvalue weighted by Gasteiger charge is -2.15. The van der Waals surface area contributed by atoms with Gasteiger partial charge < -0.3 is 5.32 Å². The van der Waals surface area contributed by atoms with Crippen LogP contribution in [0.5, 0.6) is 0 Å². The second-order valence-electron chi connectivity index (χ2n) is 7.11. The Morgan fingerprint density at radius 1 is 1.16 bits per heavy atom. The van der Waals surface area contributed by atoms with Crippen molar-refractivity contribution >= 4 is 27.3 Å².